The highest BCUT2D eigenvalue weighted by Gasteiger charge is 2.30. The van der Waals surface area contributed by atoms with Crippen molar-refractivity contribution in [3.8, 4) is 5.75 Å². The Kier molecular flexibility index (Phi) is 7.70. The minimum absolute atomic E-state index is 0.0835. The van der Waals surface area contributed by atoms with Crippen LogP contribution in [0, 0.1) is 11.8 Å². The molecule has 1 fully saturated rings. The highest BCUT2D eigenvalue weighted by molar-refractivity contribution is 5.80. The van der Waals surface area contributed by atoms with Crippen LogP contribution in [0.15, 0.2) is 36.7 Å². The van der Waals surface area contributed by atoms with Crippen LogP contribution in [0.5, 0.6) is 5.75 Å². The highest BCUT2D eigenvalue weighted by atomic mass is 19.3. The van der Waals surface area contributed by atoms with Crippen LogP contribution in [0.25, 0.3) is 5.57 Å². The molecular formula is C25H33F2N5O2. The number of halogens is 2. The first-order valence-corrected chi connectivity index (χ1v) is 11.9. The number of hydrogen-bond donors (Lipinski definition) is 2. The third-order valence-electron chi connectivity index (χ3n) is 6.86. The number of benzene rings is 1. The number of carbonyl (C=O) groups excluding carboxylic acids is 1. The molecule has 1 amide bonds. The lowest BCUT2D eigenvalue weighted by molar-refractivity contribution is -0.136. The van der Waals surface area contributed by atoms with Crippen molar-refractivity contribution >= 4 is 22.9 Å². The van der Waals surface area contributed by atoms with E-state index in [1.54, 1.807) is 23.9 Å². The predicted molar refractivity (Wildman–Crippen MR) is 129 cm³/mol. The van der Waals surface area contributed by atoms with Gasteiger partial charge in [0.25, 0.3) is 0 Å². The van der Waals surface area contributed by atoms with E-state index in [2.05, 4.69) is 26.5 Å². The standard InChI is InChI=1S/C25H33F2N5O2/c1-28-22-8-7-21(34-25(26)27)13-23(22)29-14-17-3-5-19(6-4-17)24(33)32-11-9-18(10-12-32)20-15-30-31(2)16-20/h7-9,13,15-17,19,25,28-29H,3-6,10-12,14H2,1-2H3. The Hall–Kier alpha value is -3.10. The third-order valence-corrected chi connectivity index (χ3v) is 6.86. The van der Waals surface area contributed by atoms with Crippen LogP contribution < -0.4 is 15.4 Å². The Bertz CT molecular complexity index is 1010. The molecule has 2 N–H and O–H groups in total. The summed E-state index contributed by atoms with van der Waals surface area (Å²) in [6.07, 6.45) is 10.6. The van der Waals surface area contributed by atoms with E-state index in [1.165, 1.54) is 11.6 Å². The Morgan fingerprint density at radius 1 is 1.24 bits per heavy atom. The van der Waals surface area contributed by atoms with Gasteiger partial charge in [-0.3, -0.25) is 9.48 Å². The number of aryl methyl sites for hydroxylation is 1. The summed E-state index contributed by atoms with van der Waals surface area (Å²) in [6.45, 7) is -0.702. The average Bonchev–Trinajstić information content (AvgIpc) is 3.29. The van der Waals surface area contributed by atoms with Crippen LogP contribution in [0.2, 0.25) is 0 Å². The van der Waals surface area contributed by atoms with Gasteiger partial charge in [-0.05, 0) is 55.7 Å². The SMILES string of the molecule is CNc1ccc(OC(F)F)cc1NCC1CCC(C(=O)N2CC=C(c3cnn(C)c3)CC2)CC1. The Morgan fingerprint density at radius 3 is 2.65 bits per heavy atom. The van der Waals surface area contributed by atoms with E-state index in [1.807, 2.05) is 24.3 Å². The van der Waals surface area contributed by atoms with Crippen LogP contribution in [-0.4, -0.2) is 53.9 Å². The number of hydrogen-bond acceptors (Lipinski definition) is 5. The third kappa shape index (κ3) is 5.87. The molecule has 2 aromatic rings. The van der Waals surface area contributed by atoms with Gasteiger partial charge in [0.15, 0.2) is 0 Å². The lowest BCUT2D eigenvalue weighted by atomic mass is 9.81. The molecule has 0 unspecified atom stereocenters. The van der Waals surface area contributed by atoms with Crippen molar-refractivity contribution in [1.82, 2.24) is 14.7 Å². The second-order valence-corrected chi connectivity index (χ2v) is 9.10. The number of nitrogens with zero attached hydrogens (tertiary/aromatic N) is 3. The Balaban J connectivity index is 1.25. The fraction of sp³-hybridized carbons (Fsp3) is 0.520. The van der Waals surface area contributed by atoms with Gasteiger partial charge in [0, 0.05) is 57.5 Å². The molecule has 0 spiro atoms. The van der Waals surface area contributed by atoms with Crippen LogP contribution in [0.3, 0.4) is 0 Å². The molecule has 0 saturated heterocycles. The van der Waals surface area contributed by atoms with Gasteiger partial charge in [0.2, 0.25) is 5.91 Å². The molecule has 1 aliphatic carbocycles. The summed E-state index contributed by atoms with van der Waals surface area (Å²) in [5, 5.41) is 10.7. The minimum Gasteiger partial charge on any atom is -0.435 e. The molecule has 9 heteroatoms. The molecule has 1 aliphatic heterocycles. The summed E-state index contributed by atoms with van der Waals surface area (Å²) in [5.41, 5.74) is 3.96. The van der Waals surface area contributed by atoms with Crippen LogP contribution in [-0.2, 0) is 11.8 Å². The van der Waals surface area contributed by atoms with Crippen LogP contribution in [0.4, 0.5) is 20.2 Å². The molecule has 2 aliphatic rings. The molecule has 0 radical (unpaired) electrons. The molecule has 34 heavy (non-hydrogen) atoms. The van der Waals surface area contributed by atoms with E-state index in [0.717, 1.165) is 62.1 Å². The fourth-order valence-corrected chi connectivity index (χ4v) is 4.91. The lowest BCUT2D eigenvalue weighted by Gasteiger charge is -2.33. The van der Waals surface area contributed by atoms with Gasteiger partial charge in [-0.2, -0.15) is 13.9 Å². The van der Waals surface area contributed by atoms with Crippen molar-refractivity contribution in [1.29, 1.82) is 0 Å². The largest absolute Gasteiger partial charge is 0.435 e. The molecule has 1 aromatic carbocycles. The number of amides is 1. The zero-order chi connectivity index (χ0) is 24.1. The molecule has 184 valence electrons. The normalized spacial score (nSPS) is 20.7. The molecule has 2 heterocycles. The molecule has 7 nitrogen and oxygen atoms in total. The zero-order valence-corrected chi connectivity index (χ0v) is 19.8. The smallest absolute Gasteiger partial charge is 0.387 e. The lowest BCUT2D eigenvalue weighted by Crippen LogP contribution is -2.40. The second-order valence-electron chi connectivity index (χ2n) is 9.10. The maximum Gasteiger partial charge on any atom is 0.387 e. The number of carbonyl (C=O) groups is 1. The Morgan fingerprint density at radius 2 is 2.03 bits per heavy atom. The summed E-state index contributed by atoms with van der Waals surface area (Å²) >= 11 is 0. The maximum absolute atomic E-state index is 13.1. The Labute approximate surface area is 199 Å². The molecule has 1 aromatic heterocycles. The van der Waals surface area contributed by atoms with Gasteiger partial charge in [-0.1, -0.05) is 6.08 Å². The zero-order valence-electron chi connectivity index (χ0n) is 19.8. The van der Waals surface area contributed by atoms with Gasteiger partial charge in [-0.25, -0.2) is 0 Å². The predicted octanol–water partition coefficient (Wildman–Crippen LogP) is 4.60. The van der Waals surface area contributed by atoms with E-state index in [9.17, 15) is 13.6 Å². The van der Waals surface area contributed by atoms with E-state index in [4.69, 9.17) is 0 Å². The van der Waals surface area contributed by atoms with E-state index in [0.29, 0.717) is 12.5 Å². The van der Waals surface area contributed by atoms with Gasteiger partial charge in [-0.15, -0.1) is 0 Å². The monoisotopic (exact) mass is 473 g/mol. The number of rotatable bonds is 8. The summed E-state index contributed by atoms with van der Waals surface area (Å²) in [4.78, 5) is 15.1. The van der Waals surface area contributed by atoms with Crippen LogP contribution >= 0.6 is 0 Å². The van der Waals surface area contributed by atoms with Crippen molar-refractivity contribution in [3.63, 3.8) is 0 Å². The highest BCUT2D eigenvalue weighted by Crippen LogP contribution is 2.33. The van der Waals surface area contributed by atoms with Crippen molar-refractivity contribution in [2.75, 3.05) is 37.3 Å². The molecular weight excluding hydrogens is 440 g/mol. The van der Waals surface area contributed by atoms with Gasteiger partial charge >= 0.3 is 6.61 Å². The summed E-state index contributed by atoms with van der Waals surface area (Å²) in [7, 11) is 3.70. The van der Waals surface area contributed by atoms with E-state index in [-0.39, 0.29) is 17.6 Å². The number of ether oxygens (including phenoxy) is 1. The first-order chi connectivity index (χ1) is 16.4. The molecule has 4 rings (SSSR count). The number of nitrogens with one attached hydrogen (secondary N) is 2. The first kappa shape index (κ1) is 24.0. The molecule has 0 bridgehead atoms. The fourth-order valence-electron chi connectivity index (χ4n) is 4.91. The van der Waals surface area contributed by atoms with Crippen LogP contribution in [0.1, 0.15) is 37.7 Å². The quantitative estimate of drug-likeness (QED) is 0.587. The van der Waals surface area contributed by atoms with E-state index >= 15 is 0 Å². The van der Waals surface area contributed by atoms with Gasteiger partial charge in [0.05, 0.1) is 17.6 Å². The number of aromatic nitrogens is 2. The second kappa shape index (κ2) is 10.9. The maximum atomic E-state index is 13.1. The number of anilines is 2. The summed E-state index contributed by atoms with van der Waals surface area (Å²) in [5.74, 6) is 0.919. The van der Waals surface area contributed by atoms with E-state index < -0.39 is 6.61 Å². The van der Waals surface area contributed by atoms with Crippen molar-refractivity contribution in [3.05, 3.63) is 42.2 Å². The molecule has 1 saturated carbocycles. The van der Waals surface area contributed by atoms with Crippen molar-refractivity contribution < 1.29 is 18.3 Å². The van der Waals surface area contributed by atoms with Gasteiger partial charge in [0.1, 0.15) is 5.75 Å². The van der Waals surface area contributed by atoms with Crippen molar-refractivity contribution in [2.45, 2.75) is 38.7 Å². The van der Waals surface area contributed by atoms with Crippen molar-refractivity contribution in [2.24, 2.45) is 18.9 Å². The van der Waals surface area contributed by atoms with Gasteiger partial charge < -0.3 is 20.3 Å². The number of alkyl halides is 2. The average molecular weight is 474 g/mol. The topological polar surface area (TPSA) is 71.4 Å². The minimum atomic E-state index is -2.85. The first-order valence-electron chi connectivity index (χ1n) is 11.9. The molecule has 0 atom stereocenters. The summed E-state index contributed by atoms with van der Waals surface area (Å²) in [6, 6.07) is 4.84. The summed E-state index contributed by atoms with van der Waals surface area (Å²) < 4.78 is 31.4.